The van der Waals surface area contributed by atoms with Crippen LogP contribution in [0.2, 0.25) is 0 Å². The molecule has 1 fully saturated rings. The largest absolute Gasteiger partial charge is 0.451 e. The average molecular weight is 386 g/mol. The number of benzene rings is 2. The Balaban J connectivity index is 2.06. The van der Waals surface area contributed by atoms with Crippen molar-refractivity contribution in [3.05, 3.63) is 36.4 Å². The topological polar surface area (TPSA) is 66.9 Å². The molecule has 0 aromatic heterocycles. The molecule has 2 aromatic carbocycles. The molecule has 27 heavy (non-hydrogen) atoms. The lowest BCUT2D eigenvalue weighted by Gasteiger charge is -2.24. The van der Waals surface area contributed by atoms with E-state index >= 15 is 0 Å². The van der Waals surface area contributed by atoms with Gasteiger partial charge in [0.1, 0.15) is 6.04 Å². The molecule has 1 aliphatic heterocycles. The first-order chi connectivity index (χ1) is 12.9. The molecule has 1 atom stereocenters. The second kappa shape index (κ2) is 7.59. The van der Waals surface area contributed by atoms with Gasteiger partial charge in [-0.2, -0.15) is 4.31 Å². The number of ether oxygens (including phenoxy) is 1. The van der Waals surface area contributed by atoms with Gasteiger partial charge in [0.05, 0.1) is 4.90 Å². The van der Waals surface area contributed by atoms with Crippen molar-refractivity contribution in [2.45, 2.75) is 23.8 Å². The van der Waals surface area contributed by atoms with Gasteiger partial charge in [-0.05, 0) is 25.0 Å². The number of carbonyl (C=O) groups is 1. The Morgan fingerprint density at radius 1 is 1.26 bits per heavy atom. The Labute approximate surface area is 159 Å². The normalized spacial score (nSPS) is 17.6. The summed E-state index contributed by atoms with van der Waals surface area (Å²) in [5.41, 5.74) is 0.927. The molecule has 6 nitrogen and oxygen atoms in total. The van der Waals surface area contributed by atoms with Crippen LogP contribution in [0.5, 0.6) is 0 Å². The fraction of sp³-hybridized carbons (Fsp3) is 0.350. The van der Waals surface area contributed by atoms with E-state index in [1.807, 2.05) is 37.2 Å². The Hall–Kier alpha value is -2.56. The highest BCUT2D eigenvalue weighted by Gasteiger charge is 2.41. The molecule has 1 aliphatic rings. The quantitative estimate of drug-likeness (QED) is 0.582. The third-order valence-electron chi connectivity index (χ3n) is 4.70. The van der Waals surface area contributed by atoms with Crippen LogP contribution >= 0.6 is 0 Å². The van der Waals surface area contributed by atoms with Crippen molar-refractivity contribution in [2.24, 2.45) is 0 Å². The number of fused-ring (bicyclic) bond motifs is 1. The Morgan fingerprint density at radius 3 is 2.67 bits per heavy atom. The zero-order valence-electron chi connectivity index (χ0n) is 15.4. The van der Waals surface area contributed by atoms with Crippen molar-refractivity contribution >= 4 is 32.5 Å². The molecule has 0 saturated carbocycles. The van der Waals surface area contributed by atoms with Crippen molar-refractivity contribution in [1.82, 2.24) is 4.31 Å². The summed E-state index contributed by atoms with van der Waals surface area (Å²) < 4.78 is 33.0. The van der Waals surface area contributed by atoms with Gasteiger partial charge in [-0.1, -0.05) is 30.2 Å². The number of hydrogen-bond acceptors (Lipinski definition) is 5. The molecule has 0 radical (unpaired) electrons. The number of rotatable bonds is 5. The number of hydrogen-bond donors (Lipinski definition) is 0. The van der Waals surface area contributed by atoms with Gasteiger partial charge >= 0.3 is 5.97 Å². The maximum absolute atomic E-state index is 13.4. The number of esters is 1. The molecule has 3 rings (SSSR count). The van der Waals surface area contributed by atoms with Crippen molar-refractivity contribution in [3.8, 4) is 12.3 Å². The second-order valence-electron chi connectivity index (χ2n) is 6.61. The highest BCUT2D eigenvalue weighted by Crippen LogP contribution is 2.34. The second-order valence-corrected chi connectivity index (χ2v) is 8.47. The van der Waals surface area contributed by atoms with Crippen LogP contribution in [0.15, 0.2) is 41.3 Å². The van der Waals surface area contributed by atoms with E-state index in [0.29, 0.717) is 18.2 Å². The average Bonchev–Trinajstić information content (AvgIpc) is 3.15. The van der Waals surface area contributed by atoms with Gasteiger partial charge in [-0.3, -0.25) is 4.79 Å². The number of anilines is 1. The predicted molar refractivity (Wildman–Crippen MR) is 105 cm³/mol. The van der Waals surface area contributed by atoms with Crippen LogP contribution in [0.3, 0.4) is 0 Å². The Morgan fingerprint density at radius 2 is 1.96 bits per heavy atom. The minimum atomic E-state index is -3.86. The molecule has 0 N–H and O–H groups in total. The van der Waals surface area contributed by atoms with Crippen molar-refractivity contribution in [3.63, 3.8) is 0 Å². The summed E-state index contributed by atoms with van der Waals surface area (Å²) in [5, 5.41) is 1.47. The van der Waals surface area contributed by atoms with Crippen LogP contribution < -0.4 is 4.90 Å². The smallest absolute Gasteiger partial charge is 0.325 e. The standard InChI is InChI=1S/C20H22N2O4S/c1-4-14-26-20(23)18-11-7-13-22(18)27(24,25)19-12-6-8-15-16(19)9-5-10-17(15)21(2)3/h1,5-6,8-10,12,18H,7,11,13-14H2,2-3H3/t18-/m0/s1. The highest BCUT2D eigenvalue weighted by molar-refractivity contribution is 7.89. The summed E-state index contributed by atoms with van der Waals surface area (Å²) in [4.78, 5) is 14.4. The van der Waals surface area contributed by atoms with Crippen LogP contribution in [0.25, 0.3) is 10.8 Å². The predicted octanol–water partition coefficient (Wildman–Crippen LogP) is 2.24. The minimum absolute atomic E-state index is 0.163. The molecule has 142 valence electrons. The molecule has 1 heterocycles. The lowest BCUT2D eigenvalue weighted by Crippen LogP contribution is -2.41. The van der Waals surface area contributed by atoms with Crippen LogP contribution in [0.1, 0.15) is 12.8 Å². The van der Waals surface area contributed by atoms with Gasteiger partial charge < -0.3 is 9.64 Å². The van der Waals surface area contributed by atoms with Gasteiger partial charge in [-0.25, -0.2) is 8.42 Å². The third-order valence-corrected chi connectivity index (χ3v) is 6.67. The van der Waals surface area contributed by atoms with E-state index in [-0.39, 0.29) is 18.0 Å². The zero-order chi connectivity index (χ0) is 19.6. The van der Waals surface area contributed by atoms with Gasteiger partial charge in [0.15, 0.2) is 6.61 Å². The van der Waals surface area contributed by atoms with Gasteiger partial charge in [0.25, 0.3) is 0 Å². The van der Waals surface area contributed by atoms with Crippen LogP contribution in [0.4, 0.5) is 5.69 Å². The number of nitrogens with zero attached hydrogens (tertiary/aromatic N) is 2. The van der Waals surface area contributed by atoms with Gasteiger partial charge in [-0.15, -0.1) is 6.42 Å². The van der Waals surface area contributed by atoms with E-state index in [2.05, 4.69) is 5.92 Å². The molecule has 7 heteroatoms. The molecule has 1 saturated heterocycles. The SMILES string of the molecule is C#CCOC(=O)[C@@H]1CCCN1S(=O)(=O)c1cccc2c(N(C)C)cccc12. The van der Waals surface area contributed by atoms with E-state index in [9.17, 15) is 13.2 Å². The maximum Gasteiger partial charge on any atom is 0.325 e. The molecule has 0 unspecified atom stereocenters. The molecule has 0 aliphatic carbocycles. The minimum Gasteiger partial charge on any atom is -0.451 e. The Kier molecular flexibility index (Phi) is 5.40. The fourth-order valence-corrected chi connectivity index (χ4v) is 5.33. The van der Waals surface area contributed by atoms with Crippen molar-refractivity contribution in [2.75, 3.05) is 32.1 Å². The monoisotopic (exact) mass is 386 g/mol. The fourth-order valence-electron chi connectivity index (χ4n) is 3.48. The number of terminal acetylenes is 1. The van der Waals surface area contributed by atoms with Crippen LogP contribution in [-0.4, -0.2) is 52.0 Å². The summed E-state index contributed by atoms with van der Waals surface area (Å²) in [5.74, 6) is 1.64. The van der Waals surface area contributed by atoms with E-state index in [1.54, 1.807) is 18.2 Å². The first kappa shape index (κ1) is 19.2. The van der Waals surface area contributed by atoms with Gasteiger partial charge in [0, 0.05) is 37.1 Å². The highest BCUT2D eigenvalue weighted by atomic mass is 32.2. The molecular formula is C20H22N2O4S. The summed E-state index contributed by atoms with van der Waals surface area (Å²) >= 11 is 0. The van der Waals surface area contributed by atoms with Crippen LogP contribution in [0, 0.1) is 12.3 Å². The molecule has 2 aromatic rings. The summed E-state index contributed by atoms with van der Waals surface area (Å²) in [6.07, 6.45) is 6.15. The van der Waals surface area contributed by atoms with Crippen LogP contribution in [-0.2, 0) is 19.6 Å². The van der Waals surface area contributed by atoms with Crippen molar-refractivity contribution < 1.29 is 17.9 Å². The first-order valence-corrected chi connectivity index (χ1v) is 10.1. The lowest BCUT2D eigenvalue weighted by atomic mass is 10.1. The summed E-state index contributed by atoms with van der Waals surface area (Å²) in [7, 11) is -0.0434. The molecule has 0 spiro atoms. The molecular weight excluding hydrogens is 364 g/mol. The Bertz CT molecular complexity index is 1010. The molecule has 0 amide bonds. The maximum atomic E-state index is 13.4. The van der Waals surface area contributed by atoms with E-state index in [4.69, 9.17) is 11.2 Å². The third kappa shape index (κ3) is 3.51. The summed E-state index contributed by atoms with van der Waals surface area (Å²) in [6.45, 7) is 0.117. The van der Waals surface area contributed by atoms with E-state index in [1.165, 1.54) is 4.31 Å². The van der Waals surface area contributed by atoms with Crippen molar-refractivity contribution in [1.29, 1.82) is 0 Å². The number of carbonyl (C=O) groups excluding carboxylic acids is 1. The zero-order valence-corrected chi connectivity index (χ0v) is 16.2. The van der Waals surface area contributed by atoms with E-state index < -0.39 is 22.0 Å². The molecule has 0 bridgehead atoms. The first-order valence-electron chi connectivity index (χ1n) is 8.69. The lowest BCUT2D eigenvalue weighted by molar-refractivity contribution is -0.145. The summed E-state index contributed by atoms with van der Waals surface area (Å²) in [6, 6.07) is 9.93. The van der Waals surface area contributed by atoms with E-state index in [0.717, 1.165) is 11.1 Å². The number of sulfonamides is 1. The van der Waals surface area contributed by atoms with Gasteiger partial charge in [0.2, 0.25) is 10.0 Å².